The molecule has 25 heavy (non-hydrogen) atoms. The second-order valence-corrected chi connectivity index (χ2v) is 6.48. The lowest BCUT2D eigenvalue weighted by Crippen LogP contribution is -2.40. The van der Waals surface area contributed by atoms with Gasteiger partial charge in [0.05, 0.1) is 16.3 Å². The van der Waals surface area contributed by atoms with Gasteiger partial charge in [-0.2, -0.15) is 13.2 Å². The lowest BCUT2D eigenvalue weighted by atomic mass is 10.00. The van der Waals surface area contributed by atoms with Crippen molar-refractivity contribution in [1.29, 1.82) is 0 Å². The molecule has 2 rings (SSSR count). The first-order valence-electron chi connectivity index (χ1n) is 7.36. The summed E-state index contributed by atoms with van der Waals surface area (Å²) < 4.78 is 41.8. The number of nitrogens with zero attached hydrogens (tertiary/aromatic N) is 1. The normalized spacial score (nSPS) is 13.8. The second-order valence-electron chi connectivity index (χ2n) is 5.45. The van der Waals surface area contributed by atoms with E-state index < -0.39 is 18.8 Å². The van der Waals surface area contributed by atoms with Crippen LogP contribution in [0, 0.1) is 5.92 Å². The number of ether oxygens (including phenoxy) is 1. The Labute approximate surface area is 153 Å². The Hall–Kier alpha value is -1.58. The van der Waals surface area contributed by atoms with E-state index in [0.717, 1.165) is 17.8 Å². The van der Waals surface area contributed by atoms with Crippen LogP contribution in [0.15, 0.2) is 18.2 Å². The molecular weight excluding hydrogens is 379 g/mol. The monoisotopic (exact) mass is 397 g/mol. The van der Waals surface area contributed by atoms with E-state index in [4.69, 9.17) is 10.5 Å². The van der Waals surface area contributed by atoms with Crippen molar-refractivity contribution in [3.05, 3.63) is 18.2 Å². The van der Waals surface area contributed by atoms with Gasteiger partial charge in [0.25, 0.3) is 0 Å². The van der Waals surface area contributed by atoms with E-state index in [0.29, 0.717) is 15.3 Å². The molecule has 0 fully saturated rings. The van der Waals surface area contributed by atoms with Gasteiger partial charge in [-0.05, 0) is 24.1 Å². The van der Waals surface area contributed by atoms with Crippen molar-refractivity contribution in [3.63, 3.8) is 0 Å². The van der Waals surface area contributed by atoms with Crippen LogP contribution in [0.1, 0.15) is 20.3 Å². The highest BCUT2D eigenvalue weighted by Gasteiger charge is 2.28. The van der Waals surface area contributed by atoms with Crippen LogP contribution in [-0.4, -0.2) is 29.7 Å². The summed E-state index contributed by atoms with van der Waals surface area (Å²) in [5.41, 5.74) is 6.42. The average Bonchev–Trinajstić information content (AvgIpc) is 2.91. The lowest BCUT2D eigenvalue weighted by Gasteiger charge is -2.16. The van der Waals surface area contributed by atoms with Crippen molar-refractivity contribution in [2.45, 2.75) is 32.5 Å². The number of rotatable bonds is 6. The molecule has 1 heterocycles. The molecule has 5 nitrogen and oxygen atoms in total. The average molecular weight is 398 g/mol. The van der Waals surface area contributed by atoms with E-state index >= 15 is 0 Å². The van der Waals surface area contributed by atoms with Gasteiger partial charge in [0.2, 0.25) is 5.91 Å². The number of thiazole rings is 1. The summed E-state index contributed by atoms with van der Waals surface area (Å²) in [6.45, 7) is 2.47. The third kappa shape index (κ3) is 6.02. The summed E-state index contributed by atoms with van der Waals surface area (Å²) >= 11 is 1.15. The largest absolute Gasteiger partial charge is 0.484 e. The van der Waals surface area contributed by atoms with Crippen molar-refractivity contribution in [2.24, 2.45) is 11.7 Å². The number of benzene rings is 1. The summed E-state index contributed by atoms with van der Waals surface area (Å²) in [6, 6.07) is 3.77. The number of alkyl halides is 3. The van der Waals surface area contributed by atoms with Crippen molar-refractivity contribution in [2.75, 3.05) is 11.9 Å². The number of halogens is 4. The van der Waals surface area contributed by atoms with Crippen molar-refractivity contribution in [3.8, 4) is 5.75 Å². The van der Waals surface area contributed by atoms with Crippen LogP contribution >= 0.6 is 23.7 Å². The zero-order chi connectivity index (χ0) is 17.9. The van der Waals surface area contributed by atoms with Crippen LogP contribution in [0.25, 0.3) is 10.2 Å². The molecule has 2 unspecified atom stereocenters. The smallest absolute Gasteiger partial charge is 0.422 e. The van der Waals surface area contributed by atoms with Gasteiger partial charge in [-0.1, -0.05) is 31.6 Å². The van der Waals surface area contributed by atoms with Gasteiger partial charge in [-0.3, -0.25) is 4.79 Å². The topological polar surface area (TPSA) is 77.2 Å². The molecule has 0 aliphatic heterocycles. The van der Waals surface area contributed by atoms with Crippen LogP contribution in [0.4, 0.5) is 18.3 Å². The molecule has 0 radical (unpaired) electrons. The minimum Gasteiger partial charge on any atom is -0.484 e. The molecule has 0 bridgehead atoms. The molecule has 140 valence electrons. The molecule has 2 atom stereocenters. The number of nitrogens with two attached hydrogens (primary N) is 1. The number of anilines is 1. The molecule has 1 aromatic heterocycles. The van der Waals surface area contributed by atoms with E-state index in [1.807, 2.05) is 13.8 Å². The van der Waals surface area contributed by atoms with E-state index in [-0.39, 0.29) is 30.0 Å². The van der Waals surface area contributed by atoms with Gasteiger partial charge in [-0.15, -0.1) is 12.4 Å². The molecule has 0 aliphatic rings. The maximum Gasteiger partial charge on any atom is 0.422 e. The van der Waals surface area contributed by atoms with Crippen molar-refractivity contribution >= 4 is 45.0 Å². The fraction of sp³-hybridized carbons (Fsp3) is 0.467. The highest BCUT2D eigenvalue weighted by atomic mass is 35.5. The summed E-state index contributed by atoms with van der Waals surface area (Å²) in [6.07, 6.45) is -3.62. The highest BCUT2D eigenvalue weighted by Crippen LogP contribution is 2.30. The molecule has 2 aromatic rings. The lowest BCUT2D eigenvalue weighted by molar-refractivity contribution is -0.153. The van der Waals surface area contributed by atoms with E-state index in [1.54, 1.807) is 6.07 Å². The molecule has 1 aromatic carbocycles. The number of nitrogens with one attached hydrogen (secondary N) is 1. The Kier molecular flexibility index (Phi) is 7.45. The van der Waals surface area contributed by atoms with E-state index in [1.165, 1.54) is 12.1 Å². The Bertz CT molecular complexity index is 724. The Morgan fingerprint density at radius 3 is 2.72 bits per heavy atom. The summed E-state index contributed by atoms with van der Waals surface area (Å²) in [5, 5.41) is 2.99. The first-order chi connectivity index (χ1) is 11.2. The number of carbonyl (C=O) groups is 1. The maximum absolute atomic E-state index is 12.2. The quantitative estimate of drug-likeness (QED) is 0.773. The maximum atomic E-state index is 12.2. The second kappa shape index (κ2) is 8.68. The van der Waals surface area contributed by atoms with E-state index in [2.05, 4.69) is 10.3 Å². The first kappa shape index (κ1) is 21.5. The van der Waals surface area contributed by atoms with Gasteiger partial charge in [-0.25, -0.2) is 4.98 Å². The van der Waals surface area contributed by atoms with Crippen molar-refractivity contribution < 1.29 is 22.7 Å². The third-order valence-electron chi connectivity index (χ3n) is 3.55. The zero-order valence-corrected chi connectivity index (χ0v) is 15.2. The molecule has 0 saturated carbocycles. The zero-order valence-electron chi connectivity index (χ0n) is 13.6. The van der Waals surface area contributed by atoms with Crippen LogP contribution < -0.4 is 15.8 Å². The molecule has 1 amide bonds. The Morgan fingerprint density at radius 2 is 2.12 bits per heavy atom. The van der Waals surface area contributed by atoms with Crippen LogP contribution in [0.2, 0.25) is 0 Å². The predicted octanol–water partition coefficient (Wildman–Crippen LogP) is 3.97. The number of fused-ring (bicyclic) bond motifs is 1. The molecule has 0 aliphatic carbocycles. The molecular formula is C15H19ClF3N3O2S. The predicted molar refractivity (Wildman–Crippen MR) is 94.5 cm³/mol. The molecule has 0 spiro atoms. The highest BCUT2D eigenvalue weighted by molar-refractivity contribution is 7.22. The number of carbonyl (C=O) groups excluding carboxylic acids is 1. The number of hydrogen-bond acceptors (Lipinski definition) is 5. The van der Waals surface area contributed by atoms with Gasteiger partial charge in [0.1, 0.15) is 5.75 Å². The standard InChI is InChI=1S/C15H18F3N3O2S.ClH/c1-3-8(2)12(19)13(22)21-14-20-10-5-4-9(6-11(10)24-14)23-7-15(16,17)18;/h4-6,8,12H,3,7,19H2,1-2H3,(H,20,21,22);1H. The van der Waals surface area contributed by atoms with Gasteiger partial charge in [0.15, 0.2) is 11.7 Å². The minimum absolute atomic E-state index is 0. The number of aromatic nitrogens is 1. The van der Waals surface area contributed by atoms with Crippen molar-refractivity contribution in [1.82, 2.24) is 4.98 Å². The minimum atomic E-state index is -4.39. The number of hydrogen-bond donors (Lipinski definition) is 2. The molecule has 3 N–H and O–H groups in total. The van der Waals surface area contributed by atoms with Gasteiger partial charge >= 0.3 is 6.18 Å². The summed E-state index contributed by atoms with van der Waals surface area (Å²) in [7, 11) is 0. The Balaban J connectivity index is 0.00000312. The third-order valence-corrected chi connectivity index (χ3v) is 4.49. The molecule has 0 saturated heterocycles. The van der Waals surface area contributed by atoms with Crippen LogP contribution in [-0.2, 0) is 4.79 Å². The van der Waals surface area contributed by atoms with Gasteiger partial charge in [0, 0.05) is 0 Å². The number of amides is 1. The fourth-order valence-corrected chi connectivity index (χ4v) is 2.81. The molecule has 10 heteroatoms. The first-order valence-corrected chi connectivity index (χ1v) is 8.18. The van der Waals surface area contributed by atoms with E-state index in [9.17, 15) is 18.0 Å². The SMILES string of the molecule is CCC(C)C(N)C(=O)Nc1nc2ccc(OCC(F)(F)F)cc2s1.Cl. The fourth-order valence-electron chi connectivity index (χ4n) is 1.91. The van der Waals surface area contributed by atoms with Crippen LogP contribution in [0.3, 0.4) is 0 Å². The summed E-state index contributed by atoms with van der Waals surface area (Å²) in [5.74, 6) is -0.212. The Morgan fingerprint density at radius 1 is 1.44 bits per heavy atom. The summed E-state index contributed by atoms with van der Waals surface area (Å²) in [4.78, 5) is 16.3. The van der Waals surface area contributed by atoms with Crippen LogP contribution in [0.5, 0.6) is 5.75 Å². The van der Waals surface area contributed by atoms with Gasteiger partial charge < -0.3 is 15.8 Å².